The fraction of sp³-hybridized carbons (Fsp3) is 0.571. The molecule has 2 nitrogen and oxygen atoms in total. The Labute approximate surface area is 97.6 Å². The summed E-state index contributed by atoms with van der Waals surface area (Å²) in [5.74, 6) is 0.853. The summed E-state index contributed by atoms with van der Waals surface area (Å²) in [6.07, 6.45) is 3.92. The molecule has 2 aliphatic heterocycles. The minimum atomic E-state index is 0.853. The van der Waals surface area contributed by atoms with E-state index >= 15 is 0 Å². The molecule has 3 rings (SSSR count). The Hall–Kier alpha value is -1.02. The van der Waals surface area contributed by atoms with E-state index in [1.54, 1.807) is 5.56 Å². The van der Waals surface area contributed by atoms with E-state index in [0.29, 0.717) is 0 Å². The van der Waals surface area contributed by atoms with Gasteiger partial charge in [-0.15, -0.1) is 0 Å². The maximum absolute atomic E-state index is 3.46. The predicted molar refractivity (Wildman–Crippen MR) is 68.0 cm³/mol. The lowest BCUT2D eigenvalue weighted by molar-refractivity contribution is 0.544. The summed E-state index contributed by atoms with van der Waals surface area (Å²) in [5.41, 5.74) is 3.03. The van der Waals surface area contributed by atoms with E-state index in [1.807, 2.05) is 0 Å². The van der Waals surface area contributed by atoms with Crippen molar-refractivity contribution >= 4 is 5.69 Å². The number of fused-ring (bicyclic) bond motifs is 1. The molecule has 1 N–H and O–H groups in total. The second kappa shape index (κ2) is 4.46. The molecule has 0 aromatic heterocycles. The average Bonchev–Trinajstić information content (AvgIpc) is 2.82. The quantitative estimate of drug-likeness (QED) is 0.814. The van der Waals surface area contributed by atoms with Crippen molar-refractivity contribution in [2.24, 2.45) is 5.92 Å². The summed E-state index contributed by atoms with van der Waals surface area (Å²) in [5, 5.41) is 3.46. The fourth-order valence-electron chi connectivity index (χ4n) is 2.98. The highest BCUT2D eigenvalue weighted by Gasteiger charge is 2.21. The number of aryl methyl sites for hydroxylation is 1. The van der Waals surface area contributed by atoms with Crippen molar-refractivity contribution in [3.05, 3.63) is 29.8 Å². The molecule has 1 aromatic rings. The Morgan fingerprint density at radius 3 is 3.12 bits per heavy atom. The molecule has 1 aromatic carbocycles. The number of nitrogens with one attached hydrogen (secondary N) is 1. The normalized spacial score (nSPS) is 24.5. The molecule has 0 bridgehead atoms. The molecule has 1 fully saturated rings. The molecular weight excluding hydrogens is 196 g/mol. The van der Waals surface area contributed by atoms with Gasteiger partial charge in [0, 0.05) is 18.8 Å². The fourth-order valence-corrected chi connectivity index (χ4v) is 2.98. The first-order chi connectivity index (χ1) is 7.93. The van der Waals surface area contributed by atoms with Crippen molar-refractivity contribution in [1.82, 2.24) is 5.32 Å². The Balaban J connectivity index is 1.76. The second-order valence-corrected chi connectivity index (χ2v) is 5.04. The van der Waals surface area contributed by atoms with Crippen LogP contribution in [-0.2, 0) is 6.42 Å². The minimum Gasteiger partial charge on any atom is -0.371 e. The number of hydrogen-bond donors (Lipinski definition) is 1. The molecule has 2 heterocycles. The van der Waals surface area contributed by atoms with E-state index in [1.165, 1.54) is 51.1 Å². The van der Waals surface area contributed by atoms with Gasteiger partial charge in [-0.2, -0.15) is 0 Å². The van der Waals surface area contributed by atoms with Crippen LogP contribution in [0.4, 0.5) is 5.69 Å². The number of nitrogens with zero attached hydrogens (tertiary/aromatic N) is 1. The van der Waals surface area contributed by atoms with Crippen molar-refractivity contribution < 1.29 is 0 Å². The van der Waals surface area contributed by atoms with Gasteiger partial charge < -0.3 is 10.2 Å². The van der Waals surface area contributed by atoms with Crippen LogP contribution in [0.5, 0.6) is 0 Å². The van der Waals surface area contributed by atoms with Crippen molar-refractivity contribution in [3.63, 3.8) is 0 Å². The third-order valence-corrected chi connectivity index (χ3v) is 3.85. The third-order valence-electron chi connectivity index (χ3n) is 3.85. The molecule has 0 spiro atoms. The molecule has 0 unspecified atom stereocenters. The van der Waals surface area contributed by atoms with E-state index in [0.717, 1.165) is 5.92 Å². The molecule has 0 radical (unpaired) electrons. The lowest BCUT2D eigenvalue weighted by Crippen LogP contribution is -2.34. The molecule has 1 atom stereocenters. The maximum Gasteiger partial charge on any atom is 0.0398 e. The van der Waals surface area contributed by atoms with Gasteiger partial charge in [-0.25, -0.2) is 0 Å². The second-order valence-electron chi connectivity index (χ2n) is 5.04. The monoisotopic (exact) mass is 216 g/mol. The Kier molecular flexibility index (Phi) is 2.83. The SMILES string of the molecule is c1ccc2c(c1)CCCN2C[C@@H]1CCNC1. The van der Waals surface area contributed by atoms with Crippen molar-refractivity contribution in [2.45, 2.75) is 19.3 Å². The molecule has 0 aliphatic carbocycles. The van der Waals surface area contributed by atoms with Crippen LogP contribution in [0.25, 0.3) is 0 Å². The number of benzene rings is 1. The van der Waals surface area contributed by atoms with E-state index in [-0.39, 0.29) is 0 Å². The van der Waals surface area contributed by atoms with Gasteiger partial charge in [0.15, 0.2) is 0 Å². The first-order valence-corrected chi connectivity index (χ1v) is 6.47. The van der Waals surface area contributed by atoms with Crippen LogP contribution < -0.4 is 10.2 Å². The van der Waals surface area contributed by atoms with Gasteiger partial charge in [-0.1, -0.05) is 18.2 Å². The summed E-state index contributed by atoms with van der Waals surface area (Å²) in [7, 11) is 0. The van der Waals surface area contributed by atoms with Crippen LogP contribution >= 0.6 is 0 Å². The molecule has 0 amide bonds. The smallest absolute Gasteiger partial charge is 0.0398 e. The maximum atomic E-state index is 3.46. The molecule has 0 saturated carbocycles. The lowest BCUT2D eigenvalue weighted by Gasteiger charge is -2.33. The Morgan fingerprint density at radius 1 is 1.31 bits per heavy atom. The Bertz CT molecular complexity index is 356. The average molecular weight is 216 g/mol. The minimum absolute atomic E-state index is 0.853. The molecule has 16 heavy (non-hydrogen) atoms. The van der Waals surface area contributed by atoms with Gasteiger partial charge in [0.1, 0.15) is 0 Å². The zero-order valence-electron chi connectivity index (χ0n) is 9.78. The van der Waals surface area contributed by atoms with E-state index in [2.05, 4.69) is 34.5 Å². The molecule has 1 saturated heterocycles. The number of para-hydroxylation sites is 1. The zero-order valence-corrected chi connectivity index (χ0v) is 9.78. The summed E-state index contributed by atoms with van der Waals surface area (Å²) < 4.78 is 0. The Morgan fingerprint density at radius 2 is 2.25 bits per heavy atom. The van der Waals surface area contributed by atoms with Crippen LogP contribution in [0, 0.1) is 5.92 Å². The molecule has 2 aliphatic rings. The largest absolute Gasteiger partial charge is 0.371 e. The van der Waals surface area contributed by atoms with Crippen LogP contribution in [0.2, 0.25) is 0 Å². The van der Waals surface area contributed by atoms with Crippen molar-refractivity contribution in [2.75, 3.05) is 31.1 Å². The highest BCUT2D eigenvalue weighted by Crippen LogP contribution is 2.27. The number of hydrogen-bond acceptors (Lipinski definition) is 2. The van der Waals surface area contributed by atoms with Crippen LogP contribution in [0.3, 0.4) is 0 Å². The van der Waals surface area contributed by atoms with E-state index in [9.17, 15) is 0 Å². The van der Waals surface area contributed by atoms with Gasteiger partial charge in [0.25, 0.3) is 0 Å². The van der Waals surface area contributed by atoms with Gasteiger partial charge >= 0.3 is 0 Å². The first kappa shape index (κ1) is 10.2. The van der Waals surface area contributed by atoms with E-state index in [4.69, 9.17) is 0 Å². The van der Waals surface area contributed by atoms with Crippen LogP contribution in [-0.4, -0.2) is 26.2 Å². The standard InChI is InChI=1S/C14H20N2/c1-2-6-14-13(4-1)5-3-9-16(14)11-12-7-8-15-10-12/h1-2,4,6,12,15H,3,5,7-11H2/t12-/m1/s1. The van der Waals surface area contributed by atoms with Crippen molar-refractivity contribution in [1.29, 1.82) is 0 Å². The highest BCUT2D eigenvalue weighted by atomic mass is 15.1. The summed E-state index contributed by atoms with van der Waals surface area (Å²) in [6, 6.07) is 8.91. The third kappa shape index (κ3) is 1.94. The summed E-state index contributed by atoms with van der Waals surface area (Å²) >= 11 is 0. The summed E-state index contributed by atoms with van der Waals surface area (Å²) in [6.45, 7) is 4.90. The van der Waals surface area contributed by atoms with E-state index < -0.39 is 0 Å². The first-order valence-electron chi connectivity index (χ1n) is 6.47. The van der Waals surface area contributed by atoms with Gasteiger partial charge in [0.2, 0.25) is 0 Å². The molecule has 2 heteroatoms. The topological polar surface area (TPSA) is 15.3 Å². The molecule has 86 valence electrons. The molecular formula is C14H20N2. The van der Waals surface area contributed by atoms with Crippen LogP contribution in [0.1, 0.15) is 18.4 Å². The number of anilines is 1. The van der Waals surface area contributed by atoms with Gasteiger partial charge in [0.05, 0.1) is 0 Å². The number of rotatable bonds is 2. The zero-order chi connectivity index (χ0) is 10.8. The highest BCUT2D eigenvalue weighted by molar-refractivity contribution is 5.55. The lowest BCUT2D eigenvalue weighted by atomic mass is 10.00. The van der Waals surface area contributed by atoms with Crippen molar-refractivity contribution in [3.8, 4) is 0 Å². The summed E-state index contributed by atoms with van der Waals surface area (Å²) in [4.78, 5) is 2.59. The van der Waals surface area contributed by atoms with Gasteiger partial charge in [-0.3, -0.25) is 0 Å². The predicted octanol–water partition coefficient (Wildman–Crippen LogP) is 2.05. The van der Waals surface area contributed by atoms with Crippen LogP contribution in [0.15, 0.2) is 24.3 Å². The van der Waals surface area contributed by atoms with Gasteiger partial charge in [-0.05, 0) is 49.9 Å².